The van der Waals surface area contributed by atoms with Crippen molar-refractivity contribution in [3.63, 3.8) is 0 Å². The third-order valence-electron chi connectivity index (χ3n) is 4.03. The van der Waals surface area contributed by atoms with Crippen LogP contribution in [0.5, 0.6) is 11.6 Å². The highest BCUT2D eigenvalue weighted by atomic mass is 35.5. The van der Waals surface area contributed by atoms with Gasteiger partial charge in [0, 0.05) is 29.3 Å². The maximum Gasteiger partial charge on any atom is 0.251 e. The molecular weight excluding hydrogens is 364 g/mol. The first-order valence-corrected chi connectivity index (χ1v) is 8.62. The summed E-state index contributed by atoms with van der Waals surface area (Å²) in [6.45, 7) is 0. The van der Waals surface area contributed by atoms with Gasteiger partial charge in [0.1, 0.15) is 5.75 Å². The van der Waals surface area contributed by atoms with Crippen LogP contribution < -0.4 is 10.1 Å². The molecule has 0 unspecified atom stereocenters. The number of hydrogen-bond acceptors (Lipinski definition) is 4. The van der Waals surface area contributed by atoms with E-state index in [-0.39, 0.29) is 5.91 Å². The lowest BCUT2D eigenvalue weighted by Gasteiger charge is -2.07. The molecule has 6 nitrogen and oxygen atoms in total. The fourth-order valence-electron chi connectivity index (χ4n) is 2.70. The molecule has 2 aromatic carbocycles. The van der Waals surface area contributed by atoms with E-state index in [0.29, 0.717) is 27.9 Å². The van der Waals surface area contributed by atoms with Crippen molar-refractivity contribution < 1.29 is 9.53 Å². The molecule has 0 spiro atoms. The molecule has 0 saturated heterocycles. The Hall–Kier alpha value is -3.38. The number of amides is 1. The quantitative estimate of drug-likeness (QED) is 0.577. The zero-order chi connectivity index (χ0) is 18.8. The van der Waals surface area contributed by atoms with Crippen molar-refractivity contribution >= 4 is 23.2 Å². The van der Waals surface area contributed by atoms with Gasteiger partial charge in [-0.15, -0.1) is 5.10 Å². The number of aromatic nitrogens is 3. The molecule has 0 aliphatic carbocycles. The summed E-state index contributed by atoms with van der Waals surface area (Å²) in [5.74, 6) is 0.895. The summed E-state index contributed by atoms with van der Waals surface area (Å²) in [6, 6.07) is 18.0. The van der Waals surface area contributed by atoms with Gasteiger partial charge in [0.2, 0.25) is 5.88 Å². The minimum atomic E-state index is -0.130. The Kier molecular flexibility index (Phi) is 4.48. The van der Waals surface area contributed by atoms with Gasteiger partial charge >= 0.3 is 0 Å². The van der Waals surface area contributed by atoms with E-state index in [0.717, 1.165) is 11.3 Å². The van der Waals surface area contributed by atoms with Crippen molar-refractivity contribution in [2.75, 3.05) is 7.05 Å². The van der Waals surface area contributed by atoms with Gasteiger partial charge < -0.3 is 10.1 Å². The predicted octanol–water partition coefficient (Wildman–Crippen LogP) is 4.20. The highest BCUT2D eigenvalue weighted by Gasteiger charge is 2.10. The lowest BCUT2D eigenvalue weighted by atomic mass is 10.1. The van der Waals surface area contributed by atoms with E-state index in [1.54, 1.807) is 48.1 Å². The Labute approximate surface area is 160 Å². The molecule has 0 radical (unpaired) electrons. The summed E-state index contributed by atoms with van der Waals surface area (Å²) in [7, 11) is 1.60. The van der Waals surface area contributed by atoms with E-state index >= 15 is 0 Å². The van der Waals surface area contributed by atoms with Crippen LogP contribution in [0.15, 0.2) is 66.9 Å². The largest absolute Gasteiger partial charge is 0.438 e. The lowest BCUT2D eigenvalue weighted by Crippen LogP contribution is -2.17. The van der Waals surface area contributed by atoms with Crippen LogP contribution in [0.25, 0.3) is 16.9 Å². The highest BCUT2D eigenvalue weighted by Crippen LogP contribution is 2.25. The third-order valence-corrected chi connectivity index (χ3v) is 4.26. The molecule has 0 atom stereocenters. The molecule has 4 rings (SSSR count). The van der Waals surface area contributed by atoms with Gasteiger partial charge in [0.05, 0.1) is 11.9 Å². The molecule has 0 saturated carbocycles. The molecule has 0 aliphatic rings. The van der Waals surface area contributed by atoms with E-state index in [4.69, 9.17) is 16.3 Å². The maximum absolute atomic E-state index is 11.7. The first-order valence-electron chi connectivity index (χ1n) is 8.25. The zero-order valence-electron chi connectivity index (χ0n) is 14.4. The Bertz CT molecular complexity index is 1120. The van der Waals surface area contributed by atoms with Crippen molar-refractivity contribution in [3.05, 3.63) is 77.4 Å². The van der Waals surface area contributed by atoms with Crippen molar-refractivity contribution in [2.45, 2.75) is 0 Å². The average Bonchev–Trinajstić information content (AvgIpc) is 3.11. The number of nitrogens with zero attached hydrogens (tertiary/aromatic N) is 3. The van der Waals surface area contributed by atoms with Crippen LogP contribution >= 0.6 is 11.6 Å². The summed E-state index contributed by atoms with van der Waals surface area (Å²) in [5, 5.41) is 7.72. The van der Waals surface area contributed by atoms with Gasteiger partial charge in [-0.2, -0.15) is 0 Å². The van der Waals surface area contributed by atoms with E-state index in [9.17, 15) is 4.79 Å². The van der Waals surface area contributed by atoms with E-state index in [2.05, 4.69) is 15.4 Å². The molecule has 4 aromatic rings. The van der Waals surface area contributed by atoms with Crippen LogP contribution in [0.1, 0.15) is 10.4 Å². The minimum Gasteiger partial charge on any atom is -0.438 e. The number of carbonyl (C=O) groups excluding carboxylic acids is 1. The summed E-state index contributed by atoms with van der Waals surface area (Å²) < 4.78 is 7.50. The Morgan fingerprint density at radius 1 is 1.11 bits per heavy atom. The SMILES string of the molecule is CNC(=O)c1ccc(-c2cnc3ccc(Oc4cccc(Cl)c4)nn23)cc1. The molecule has 27 heavy (non-hydrogen) atoms. The summed E-state index contributed by atoms with van der Waals surface area (Å²) in [4.78, 5) is 16.1. The molecule has 7 heteroatoms. The van der Waals surface area contributed by atoms with Crippen LogP contribution in [0, 0.1) is 0 Å². The van der Waals surface area contributed by atoms with Crippen molar-refractivity contribution in [2.24, 2.45) is 0 Å². The molecule has 134 valence electrons. The topological polar surface area (TPSA) is 68.5 Å². The van der Waals surface area contributed by atoms with Gasteiger partial charge in [0.15, 0.2) is 5.65 Å². The summed E-state index contributed by atoms with van der Waals surface area (Å²) in [5.41, 5.74) is 2.97. The lowest BCUT2D eigenvalue weighted by molar-refractivity contribution is 0.0963. The number of fused-ring (bicyclic) bond motifs is 1. The summed E-state index contributed by atoms with van der Waals surface area (Å²) >= 11 is 6.00. The fourth-order valence-corrected chi connectivity index (χ4v) is 2.88. The number of halogens is 1. The van der Waals surface area contributed by atoms with Crippen LogP contribution in [0.4, 0.5) is 0 Å². The predicted molar refractivity (Wildman–Crippen MR) is 103 cm³/mol. The Morgan fingerprint density at radius 2 is 1.93 bits per heavy atom. The number of rotatable bonds is 4. The second kappa shape index (κ2) is 7.09. The number of carbonyl (C=O) groups is 1. The molecule has 2 aromatic heterocycles. The second-order valence-corrected chi connectivity index (χ2v) is 6.24. The second-order valence-electron chi connectivity index (χ2n) is 5.80. The molecule has 1 amide bonds. The number of nitrogens with one attached hydrogen (secondary N) is 1. The summed E-state index contributed by atoms with van der Waals surface area (Å²) in [6.07, 6.45) is 1.74. The van der Waals surface area contributed by atoms with Gasteiger partial charge in [-0.1, -0.05) is 29.8 Å². The van der Waals surface area contributed by atoms with E-state index < -0.39 is 0 Å². The van der Waals surface area contributed by atoms with E-state index in [1.807, 2.05) is 30.3 Å². The number of imidazole rings is 1. The van der Waals surface area contributed by atoms with Crippen LogP contribution in [-0.4, -0.2) is 27.6 Å². The van der Waals surface area contributed by atoms with Gasteiger partial charge in [-0.05, 0) is 36.4 Å². The third kappa shape index (κ3) is 3.47. The van der Waals surface area contributed by atoms with Crippen LogP contribution in [0.3, 0.4) is 0 Å². The fraction of sp³-hybridized carbons (Fsp3) is 0.0500. The molecule has 2 heterocycles. The molecule has 1 N–H and O–H groups in total. The highest BCUT2D eigenvalue weighted by molar-refractivity contribution is 6.30. The standard InChI is InChI=1S/C20H15ClN4O2/c1-22-20(26)14-7-5-13(6-8-14)17-12-23-18-9-10-19(24-25(17)18)27-16-4-2-3-15(21)11-16/h2-12H,1H3,(H,22,26). The number of ether oxygens (including phenoxy) is 1. The molecule has 0 fully saturated rings. The minimum absolute atomic E-state index is 0.130. The van der Waals surface area contributed by atoms with Crippen LogP contribution in [0.2, 0.25) is 5.02 Å². The van der Waals surface area contributed by atoms with Crippen molar-refractivity contribution in [1.82, 2.24) is 19.9 Å². The number of hydrogen-bond donors (Lipinski definition) is 1. The van der Waals surface area contributed by atoms with Gasteiger partial charge in [-0.3, -0.25) is 4.79 Å². The molecule has 0 aliphatic heterocycles. The van der Waals surface area contributed by atoms with Gasteiger partial charge in [0.25, 0.3) is 5.91 Å². The first-order chi connectivity index (χ1) is 13.1. The molecule has 0 bridgehead atoms. The van der Waals surface area contributed by atoms with Crippen molar-refractivity contribution in [3.8, 4) is 22.9 Å². The average molecular weight is 379 g/mol. The zero-order valence-corrected chi connectivity index (χ0v) is 15.1. The number of benzene rings is 2. The van der Waals surface area contributed by atoms with Crippen molar-refractivity contribution in [1.29, 1.82) is 0 Å². The van der Waals surface area contributed by atoms with E-state index in [1.165, 1.54) is 0 Å². The van der Waals surface area contributed by atoms with Crippen LogP contribution in [-0.2, 0) is 0 Å². The Balaban J connectivity index is 1.69. The smallest absolute Gasteiger partial charge is 0.251 e. The van der Waals surface area contributed by atoms with Gasteiger partial charge in [-0.25, -0.2) is 9.50 Å². The maximum atomic E-state index is 11.7. The monoisotopic (exact) mass is 378 g/mol. The Morgan fingerprint density at radius 3 is 2.67 bits per heavy atom. The first kappa shape index (κ1) is 17.1. The normalized spacial score (nSPS) is 10.7. The molecular formula is C20H15ClN4O2.